The molecule has 1 fully saturated rings. The largest absolute Gasteiger partial charge is 0.476 e. The van der Waals surface area contributed by atoms with E-state index < -0.39 is 0 Å². The lowest BCUT2D eigenvalue weighted by Gasteiger charge is -2.24. The number of anilines is 2. The fourth-order valence-electron chi connectivity index (χ4n) is 2.25. The lowest BCUT2D eigenvalue weighted by atomic mass is 10.3. The van der Waals surface area contributed by atoms with Gasteiger partial charge in [0.25, 0.3) is 0 Å². The maximum absolute atomic E-state index is 6.20. The molecular weight excluding hydrogens is 268 g/mol. The summed E-state index contributed by atoms with van der Waals surface area (Å²) in [6, 6.07) is 4.31. The van der Waals surface area contributed by atoms with Gasteiger partial charge in [-0.15, -0.1) is 0 Å². The third-order valence-corrected chi connectivity index (χ3v) is 3.44. The summed E-state index contributed by atoms with van der Waals surface area (Å²) >= 11 is 0. The van der Waals surface area contributed by atoms with Crippen LogP contribution in [0, 0.1) is 0 Å². The number of hydrogen-bond donors (Lipinski definition) is 1. The molecule has 0 unspecified atom stereocenters. The van der Waals surface area contributed by atoms with Gasteiger partial charge in [-0.05, 0) is 31.4 Å². The molecule has 1 aliphatic carbocycles. The standard InChI is InChI=1S/C15H20N4O2/c1-2-7-21-15-13(16)14(17-10-18-15)19(11-5-6-11)9-12-4-3-8-20-12/h3-4,8,10-11H,2,5-7,9,16H2,1H3. The molecule has 2 heterocycles. The second-order valence-corrected chi connectivity index (χ2v) is 5.20. The average molecular weight is 288 g/mol. The number of nitrogens with two attached hydrogens (primary N) is 1. The Kier molecular flexibility index (Phi) is 3.94. The fourth-order valence-corrected chi connectivity index (χ4v) is 2.25. The first-order valence-corrected chi connectivity index (χ1v) is 7.32. The van der Waals surface area contributed by atoms with Gasteiger partial charge in [0.1, 0.15) is 17.8 Å². The van der Waals surface area contributed by atoms with Gasteiger partial charge in [0.2, 0.25) is 5.88 Å². The highest BCUT2D eigenvalue weighted by atomic mass is 16.5. The van der Waals surface area contributed by atoms with Crippen molar-refractivity contribution >= 4 is 11.5 Å². The molecule has 0 amide bonds. The van der Waals surface area contributed by atoms with E-state index in [-0.39, 0.29) is 0 Å². The molecule has 2 aromatic heterocycles. The Morgan fingerprint density at radius 3 is 2.95 bits per heavy atom. The molecule has 21 heavy (non-hydrogen) atoms. The molecule has 6 nitrogen and oxygen atoms in total. The zero-order valence-electron chi connectivity index (χ0n) is 12.2. The van der Waals surface area contributed by atoms with Crippen LogP contribution in [0.4, 0.5) is 11.5 Å². The highest BCUT2D eigenvalue weighted by molar-refractivity contribution is 5.68. The van der Waals surface area contributed by atoms with Crippen molar-refractivity contribution in [1.82, 2.24) is 9.97 Å². The molecule has 2 N–H and O–H groups in total. The minimum atomic E-state index is 0.464. The lowest BCUT2D eigenvalue weighted by Crippen LogP contribution is -2.27. The van der Waals surface area contributed by atoms with Gasteiger partial charge in [-0.2, -0.15) is 4.98 Å². The van der Waals surface area contributed by atoms with Crippen LogP contribution >= 0.6 is 0 Å². The number of rotatable bonds is 7. The molecule has 0 radical (unpaired) electrons. The van der Waals surface area contributed by atoms with Crippen LogP contribution in [-0.2, 0) is 6.54 Å². The van der Waals surface area contributed by atoms with Crippen molar-refractivity contribution in [2.24, 2.45) is 0 Å². The van der Waals surface area contributed by atoms with Crippen molar-refractivity contribution in [2.45, 2.75) is 38.8 Å². The Balaban J connectivity index is 1.85. The third-order valence-electron chi connectivity index (χ3n) is 3.44. The van der Waals surface area contributed by atoms with Gasteiger partial charge < -0.3 is 19.8 Å². The Labute approximate surface area is 123 Å². The summed E-state index contributed by atoms with van der Waals surface area (Å²) in [5.74, 6) is 2.10. The molecular formula is C15H20N4O2. The van der Waals surface area contributed by atoms with Gasteiger partial charge in [-0.3, -0.25) is 0 Å². The van der Waals surface area contributed by atoms with Crippen molar-refractivity contribution in [3.63, 3.8) is 0 Å². The van der Waals surface area contributed by atoms with E-state index >= 15 is 0 Å². The number of hydrogen-bond acceptors (Lipinski definition) is 6. The average Bonchev–Trinajstić information content (AvgIpc) is 3.21. The highest BCUT2D eigenvalue weighted by Gasteiger charge is 2.32. The van der Waals surface area contributed by atoms with Crippen LogP contribution < -0.4 is 15.4 Å². The summed E-state index contributed by atoms with van der Waals surface area (Å²) in [7, 11) is 0. The maximum Gasteiger partial charge on any atom is 0.242 e. The van der Waals surface area contributed by atoms with Gasteiger partial charge in [-0.1, -0.05) is 6.92 Å². The smallest absolute Gasteiger partial charge is 0.242 e. The second kappa shape index (κ2) is 6.03. The number of nitrogens with zero attached hydrogens (tertiary/aromatic N) is 3. The minimum absolute atomic E-state index is 0.464. The molecule has 2 aromatic rings. The Morgan fingerprint density at radius 2 is 2.29 bits per heavy atom. The highest BCUT2D eigenvalue weighted by Crippen LogP contribution is 2.37. The molecule has 0 aromatic carbocycles. The van der Waals surface area contributed by atoms with E-state index in [2.05, 4.69) is 14.9 Å². The molecule has 0 aliphatic heterocycles. The number of nitrogen functional groups attached to an aromatic ring is 1. The van der Waals surface area contributed by atoms with Crippen molar-refractivity contribution in [3.05, 3.63) is 30.5 Å². The molecule has 3 rings (SSSR count). The minimum Gasteiger partial charge on any atom is -0.476 e. The number of furan rings is 1. The topological polar surface area (TPSA) is 77.4 Å². The predicted molar refractivity (Wildman–Crippen MR) is 80.1 cm³/mol. The first-order valence-electron chi connectivity index (χ1n) is 7.32. The van der Waals surface area contributed by atoms with Crippen LogP contribution in [0.2, 0.25) is 0 Å². The second-order valence-electron chi connectivity index (χ2n) is 5.20. The van der Waals surface area contributed by atoms with Gasteiger partial charge in [0.15, 0.2) is 5.82 Å². The number of ether oxygens (including phenoxy) is 1. The van der Waals surface area contributed by atoms with Crippen LogP contribution in [0.25, 0.3) is 0 Å². The molecule has 0 saturated heterocycles. The molecule has 1 aliphatic rings. The van der Waals surface area contributed by atoms with Crippen LogP contribution in [0.1, 0.15) is 31.9 Å². The van der Waals surface area contributed by atoms with Crippen LogP contribution in [0.3, 0.4) is 0 Å². The summed E-state index contributed by atoms with van der Waals surface area (Å²) in [5, 5.41) is 0. The third kappa shape index (κ3) is 3.09. The van der Waals surface area contributed by atoms with Crippen molar-refractivity contribution in [3.8, 4) is 5.88 Å². The monoisotopic (exact) mass is 288 g/mol. The zero-order valence-corrected chi connectivity index (χ0v) is 12.2. The normalized spacial score (nSPS) is 14.1. The van der Waals surface area contributed by atoms with Gasteiger partial charge >= 0.3 is 0 Å². The zero-order chi connectivity index (χ0) is 14.7. The SMILES string of the molecule is CCCOc1ncnc(N(Cc2ccco2)C2CC2)c1N. The molecule has 1 saturated carbocycles. The first kappa shape index (κ1) is 13.7. The summed E-state index contributed by atoms with van der Waals surface area (Å²) in [4.78, 5) is 10.7. The van der Waals surface area contributed by atoms with Crippen LogP contribution in [0.15, 0.2) is 29.1 Å². The van der Waals surface area contributed by atoms with Gasteiger partial charge in [-0.25, -0.2) is 4.98 Å². The Bertz CT molecular complexity index is 581. The van der Waals surface area contributed by atoms with Gasteiger partial charge in [0.05, 0.1) is 19.4 Å². The lowest BCUT2D eigenvalue weighted by molar-refractivity contribution is 0.306. The van der Waals surface area contributed by atoms with Crippen molar-refractivity contribution < 1.29 is 9.15 Å². The van der Waals surface area contributed by atoms with E-state index in [1.165, 1.54) is 6.33 Å². The fraction of sp³-hybridized carbons (Fsp3) is 0.467. The maximum atomic E-state index is 6.20. The summed E-state index contributed by atoms with van der Waals surface area (Å²) in [6.07, 6.45) is 6.40. The van der Waals surface area contributed by atoms with Gasteiger partial charge in [0, 0.05) is 6.04 Å². The Hall–Kier alpha value is -2.24. The summed E-state index contributed by atoms with van der Waals surface area (Å²) in [5.41, 5.74) is 6.70. The van der Waals surface area contributed by atoms with Crippen LogP contribution in [-0.4, -0.2) is 22.6 Å². The van der Waals surface area contributed by atoms with E-state index in [9.17, 15) is 0 Å². The molecule has 0 bridgehead atoms. The van der Waals surface area contributed by atoms with E-state index in [0.717, 1.165) is 30.8 Å². The predicted octanol–water partition coefficient (Wildman–Crippen LogP) is 2.61. The molecule has 0 spiro atoms. The molecule has 6 heteroatoms. The molecule has 0 atom stereocenters. The van der Waals surface area contributed by atoms with E-state index in [0.29, 0.717) is 30.8 Å². The summed E-state index contributed by atoms with van der Waals surface area (Å²) < 4.78 is 11.0. The van der Waals surface area contributed by atoms with Crippen molar-refractivity contribution in [2.75, 3.05) is 17.2 Å². The van der Waals surface area contributed by atoms with Crippen LogP contribution in [0.5, 0.6) is 5.88 Å². The first-order chi connectivity index (χ1) is 10.3. The molecule has 112 valence electrons. The Morgan fingerprint density at radius 1 is 1.43 bits per heavy atom. The van der Waals surface area contributed by atoms with E-state index in [4.69, 9.17) is 14.9 Å². The summed E-state index contributed by atoms with van der Waals surface area (Å²) in [6.45, 7) is 3.31. The van der Waals surface area contributed by atoms with E-state index in [1.807, 2.05) is 19.1 Å². The van der Waals surface area contributed by atoms with E-state index in [1.54, 1.807) is 6.26 Å². The van der Waals surface area contributed by atoms with Crippen molar-refractivity contribution in [1.29, 1.82) is 0 Å². The quantitative estimate of drug-likeness (QED) is 0.844. The number of aromatic nitrogens is 2.